The topological polar surface area (TPSA) is 77.8 Å². The van der Waals surface area contributed by atoms with E-state index in [9.17, 15) is 9.18 Å². The zero-order valence-electron chi connectivity index (χ0n) is 13.0. The van der Waals surface area contributed by atoms with E-state index in [1.54, 1.807) is 24.3 Å². The van der Waals surface area contributed by atoms with Gasteiger partial charge in [0.25, 0.3) is 5.91 Å². The first-order chi connectivity index (χ1) is 11.6. The molecular formula is C18H15FN2O3. The number of benzene rings is 2. The van der Waals surface area contributed by atoms with Crippen LogP contribution < -0.4 is 16.0 Å². The fourth-order valence-corrected chi connectivity index (χ4v) is 2.29. The molecule has 2 N–H and O–H groups in total. The summed E-state index contributed by atoms with van der Waals surface area (Å²) in [5.41, 5.74) is 6.52. The fourth-order valence-electron chi connectivity index (χ4n) is 2.29. The Morgan fingerprint density at radius 3 is 2.67 bits per heavy atom. The van der Waals surface area contributed by atoms with Crippen LogP contribution in [0.15, 0.2) is 57.9 Å². The molecule has 122 valence electrons. The molecule has 24 heavy (non-hydrogen) atoms. The lowest BCUT2D eigenvalue weighted by Gasteiger charge is -2.07. The van der Waals surface area contributed by atoms with E-state index >= 15 is 0 Å². The van der Waals surface area contributed by atoms with Crippen molar-refractivity contribution in [3.8, 4) is 5.75 Å². The molecule has 0 aliphatic carbocycles. The summed E-state index contributed by atoms with van der Waals surface area (Å²) in [5, 5.41) is 0.674. The number of carbonyl (C=O) groups excluding carboxylic acids is 1. The van der Waals surface area contributed by atoms with Crippen molar-refractivity contribution in [1.29, 1.82) is 0 Å². The fraction of sp³-hybridized carbons (Fsp3) is 0.111. The lowest BCUT2D eigenvalue weighted by molar-refractivity contribution is 0.0996. The van der Waals surface area contributed by atoms with E-state index in [-0.39, 0.29) is 16.9 Å². The van der Waals surface area contributed by atoms with Gasteiger partial charge in [0.1, 0.15) is 11.4 Å². The minimum atomic E-state index is -0.664. The Morgan fingerprint density at radius 1 is 1.25 bits per heavy atom. The molecule has 5 nitrogen and oxygen atoms in total. The summed E-state index contributed by atoms with van der Waals surface area (Å²) in [6, 6.07) is 12.5. The Morgan fingerprint density at radius 2 is 2.00 bits per heavy atom. The summed E-state index contributed by atoms with van der Waals surface area (Å²) in [5.74, 6) is -0.497. The summed E-state index contributed by atoms with van der Waals surface area (Å²) in [4.78, 5) is 16.0. The van der Waals surface area contributed by atoms with E-state index in [0.29, 0.717) is 29.0 Å². The van der Waals surface area contributed by atoms with E-state index in [1.165, 1.54) is 24.3 Å². The number of amides is 1. The van der Waals surface area contributed by atoms with Gasteiger partial charge in [-0.05, 0) is 43.3 Å². The van der Waals surface area contributed by atoms with E-state index in [4.69, 9.17) is 14.9 Å². The van der Waals surface area contributed by atoms with Crippen molar-refractivity contribution in [3.63, 3.8) is 0 Å². The number of carbonyl (C=O) groups is 1. The molecule has 0 saturated heterocycles. The highest BCUT2D eigenvalue weighted by atomic mass is 19.1. The number of nitrogens with zero attached hydrogens (tertiary/aromatic N) is 1. The van der Waals surface area contributed by atoms with Crippen molar-refractivity contribution in [2.75, 3.05) is 6.61 Å². The van der Waals surface area contributed by atoms with Gasteiger partial charge >= 0.3 is 0 Å². The van der Waals surface area contributed by atoms with Crippen LogP contribution in [0.1, 0.15) is 17.3 Å². The van der Waals surface area contributed by atoms with Gasteiger partial charge in [-0.1, -0.05) is 12.1 Å². The van der Waals surface area contributed by atoms with Gasteiger partial charge in [-0.15, -0.1) is 0 Å². The summed E-state index contributed by atoms with van der Waals surface area (Å²) in [6.45, 7) is 2.33. The summed E-state index contributed by atoms with van der Waals surface area (Å²) in [6.07, 6.45) is 0. The molecule has 1 aromatic heterocycles. The first-order valence-corrected chi connectivity index (χ1v) is 7.38. The molecule has 0 unspecified atom stereocenters. The Hall–Kier alpha value is -3.15. The van der Waals surface area contributed by atoms with Gasteiger partial charge in [0.15, 0.2) is 11.3 Å². The summed E-state index contributed by atoms with van der Waals surface area (Å²) >= 11 is 0. The predicted molar refractivity (Wildman–Crippen MR) is 87.5 cm³/mol. The zero-order valence-corrected chi connectivity index (χ0v) is 13.0. The number of fused-ring (bicyclic) bond motifs is 1. The Balaban J connectivity index is 2.27. The molecule has 3 rings (SSSR count). The minimum absolute atomic E-state index is 0.0498. The monoisotopic (exact) mass is 326 g/mol. The lowest BCUT2D eigenvalue weighted by atomic mass is 10.1. The molecule has 6 heteroatoms. The molecule has 0 aliphatic heterocycles. The van der Waals surface area contributed by atoms with Crippen LogP contribution in [-0.2, 0) is 0 Å². The molecule has 0 spiro atoms. The number of para-hydroxylation sites is 1. The quantitative estimate of drug-likeness (QED) is 0.799. The maximum absolute atomic E-state index is 13.0. The van der Waals surface area contributed by atoms with Crippen molar-refractivity contribution < 1.29 is 18.3 Å². The van der Waals surface area contributed by atoms with Crippen molar-refractivity contribution in [3.05, 3.63) is 65.5 Å². The number of primary amides is 1. The number of hydrogen-bond donors (Lipinski definition) is 1. The SMILES string of the molecule is CCOc1cccc2cc(C(N)=O)c(=Nc3ccc(F)cc3)oc12. The van der Waals surface area contributed by atoms with Crippen LogP contribution in [0.4, 0.5) is 10.1 Å². The molecule has 0 saturated carbocycles. The first kappa shape index (κ1) is 15.7. The number of nitrogens with two attached hydrogens (primary N) is 1. The highest BCUT2D eigenvalue weighted by Crippen LogP contribution is 2.25. The number of ether oxygens (including phenoxy) is 1. The second kappa shape index (κ2) is 6.54. The van der Waals surface area contributed by atoms with Crippen LogP contribution in [-0.4, -0.2) is 12.5 Å². The van der Waals surface area contributed by atoms with Crippen LogP contribution in [0, 0.1) is 5.82 Å². The zero-order chi connectivity index (χ0) is 17.1. The van der Waals surface area contributed by atoms with E-state index in [0.717, 1.165) is 0 Å². The normalized spacial score (nSPS) is 11.7. The first-order valence-electron chi connectivity index (χ1n) is 7.38. The van der Waals surface area contributed by atoms with Gasteiger partial charge in [-0.2, -0.15) is 0 Å². The predicted octanol–water partition coefficient (Wildman–Crippen LogP) is 3.30. The van der Waals surface area contributed by atoms with Gasteiger partial charge in [0, 0.05) is 5.39 Å². The van der Waals surface area contributed by atoms with Gasteiger partial charge in [0.05, 0.1) is 12.3 Å². The van der Waals surface area contributed by atoms with Crippen molar-refractivity contribution in [1.82, 2.24) is 0 Å². The molecule has 0 bridgehead atoms. The van der Waals surface area contributed by atoms with E-state index in [2.05, 4.69) is 4.99 Å². The van der Waals surface area contributed by atoms with Gasteiger partial charge in [0.2, 0.25) is 5.55 Å². The largest absolute Gasteiger partial charge is 0.490 e. The van der Waals surface area contributed by atoms with Crippen LogP contribution in [0.25, 0.3) is 11.0 Å². The molecule has 0 aliphatic rings. The van der Waals surface area contributed by atoms with Gasteiger partial charge < -0.3 is 14.9 Å². The second-order valence-electron chi connectivity index (χ2n) is 5.03. The lowest BCUT2D eigenvalue weighted by Crippen LogP contribution is -2.21. The third-order valence-electron chi connectivity index (χ3n) is 3.36. The highest BCUT2D eigenvalue weighted by Gasteiger charge is 2.12. The Bertz CT molecular complexity index is 962. The summed E-state index contributed by atoms with van der Waals surface area (Å²) < 4.78 is 24.3. The second-order valence-corrected chi connectivity index (χ2v) is 5.03. The average Bonchev–Trinajstić information content (AvgIpc) is 2.57. The standard InChI is InChI=1S/C18H15FN2O3/c1-2-23-15-5-3-4-11-10-14(17(20)22)18(24-16(11)15)21-13-8-6-12(19)7-9-13/h3-10H,2H2,1H3,(H2,20,22). The highest BCUT2D eigenvalue weighted by molar-refractivity contribution is 5.96. The van der Waals surface area contributed by atoms with Crippen molar-refractivity contribution in [2.45, 2.75) is 6.92 Å². The molecule has 0 atom stereocenters. The van der Waals surface area contributed by atoms with E-state index in [1.807, 2.05) is 6.92 Å². The molecular weight excluding hydrogens is 311 g/mol. The van der Waals surface area contributed by atoms with Crippen molar-refractivity contribution in [2.24, 2.45) is 10.7 Å². The molecule has 0 radical (unpaired) electrons. The minimum Gasteiger partial charge on any atom is -0.490 e. The Labute approximate surface area is 137 Å². The third kappa shape index (κ3) is 3.12. The molecule has 1 heterocycles. The number of halogens is 1. The van der Waals surface area contributed by atoms with Crippen LogP contribution in [0.3, 0.4) is 0 Å². The number of rotatable bonds is 4. The van der Waals surface area contributed by atoms with Gasteiger partial charge in [-0.3, -0.25) is 4.79 Å². The molecule has 3 aromatic rings. The molecule has 0 fully saturated rings. The van der Waals surface area contributed by atoms with Crippen LogP contribution in [0.5, 0.6) is 5.75 Å². The smallest absolute Gasteiger partial charge is 0.254 e. The van der Waals surface area contributed by atoms with Crippen molar-refractivity contribution >= 4 is 22.6 Å². The van der Waals surface area contributed by atoms with Crippen LogP contribution in [0.2, 0.25) is 0 Å². The van der Waals surface area contributed by atoms with Crippen LogP contribution >= 0.6 is 0 Å². The Kier molecular flexibility index (Phi) is 4.29. The average molecular weight is 326 g/mol. The number of hydrogen-bond acceptors (Lipinski definition) is 4. The third-order valence-corrected chi connectivity index (χ3v) is 3.36. The van der Waals surface area contributed by atoms with E-state index < -0.39 is 5.91 Å². The molecule has 1 amide bonds. The molecule has 2 aromatic carbocycles. The summed E-state index contributed by atoms with van der Waals surface area (Å²) in [7, 11) is 0. The van der Waals surface area contributed by atoms with Gasteiger partial charge in [-0.25, -0.2) is 9.38 Å². The maximum atomic E-state index is 13.0. The maximum Gasteiger partial charge on any atom is 0.254 e.